The maximum absolute atomic E-state index is 11.4. The number of ether oxygens (including phenoxy) is 1. The lowest BCUT2D eigenvalue weighted by Crippen LogP contribution is -2.14. The summed E-state index contributed by atoms with van der Waals surface area (Å²) in [5.74, 6) is -0.236. The molecule has 1 aromatic rings. The van der Waals surface area contributed by atoms with Crippen molar-refractivity contribution in [3.05, 3.63) is 29.3 Å². The van der Waals surface area contributed by atoms with E-state index in [0.717, 1.165) is 11.1 Å². The maximum atomic E-state index is 11.4. The SMILES string of the molecule is Cc1ccc(CC(=O)OC(C)C)c(N)c1. The lowest BCUT2D eigenvalue weighted by Gasteiger charge is -2.09. The Morgan fingerprint density at radius 1 is 1.47 bits per heavy atom. The van der Waals surface area contributed by atoms with Crippen LogP contribution in [0.2, 0.25) is 0 Å². The van der Waals surface area contributed by atoms with Gasteiger partial charge in [-0.3, -0.25) is 4.79 Å². The van der Waals surface area contributed by atoms with Crippen LogP contribution in [0.5, 0.6) is 0 Å². The molecule has 0 aromatic heterocycles. The van der Waals surface area contributed by atoms with Crippen molar-refractivity contribution in [1.29, 1.82) is 0 Å². The van der Waals surface area contributed by atoms with Crippen molar-refractivity contribution < 1.29 is 9.53 Å². The van der Waals surface area contributed by atoms with Gasteiger partial charge in [-0.05, 0) is 38.0 Å². The third-order valence-electron chi connectivity index (χ3n) is 2.00. The molecular weight excluding hydrogens is 190 g/mol. The van der Waals surface area contributed by atoms with Gasteiger partial charge in [0.25, 0.3) is 0 Å². The van der Waals surface area contributed by atoms with E-state index in [0.29, 0.717) is 5.69 Å². The molecule has 82 valence electrons. The third kappa shape index (κ3) is 3.62. The van der Waals surface area contributed by atoms with E-state index in [9.17, 15) is 4.79 Å². The van der Waals surface area contributed by atoms with Crippen molar-refractivity contribution >= 4 is 11.7 Å². The Balaban J connectivity index is 2.68. The highest BCUT2D eigenvalue weighted by Gasteiger charge is 2.09. The molecule has 1 aromatic carbocycles. The van der Waals surface area contributed by atoms with Crippen molar-refractivity contribution in [3.63, 3.8) is 0 Å². The first-order valence-electron chi connectivity index (χ1n) is 5.03. The summed E-state index contributed by atoms with van der Waals surface area (Å²) >= 11 is 0. The summed E-state index contributed by atoms with van der Waals surface area (Å²) < 4.78 is 5.04. The van der Waals surface area contributed by atoms with Crippen LogP contribution in [0.3, 0.4) is 0 Å². The number of carbonyl (C=O) groups is 1. The van der Waals surface area contributed by atoms with Gasteiger partial charge in [-0.25, -0.2) is 0 Å². The van der Waals surface area contributed by atoms with Gasteiger partial charge in [-0.1, -0.05) is 12.1 Å². The molecule has 2 N–H and O–H groups in total. The minimum atomic E-state index is -0.236. The van der Waals surface area contributed by atoms with Crippen molar-refractivity contribution in [2.24, 2.45) is 0 Å². The Morgan fingerprint density at radius 2 is 2.13 bits per heavy atom. The Bertz CT molecular complexity index is 359. The van der Waals surface area contributed by atoms with Crippen LogP contribution in [0.15, 0.2) is 18.2 Å². The van der Waals surface area contributed by atoms with E-state index >= 15 is 0 Å². The summed E-state index contributed by atoms with van der Waals surface area (Å²) in [5, 5.41) is 0. The minimum absolute atomic E-state index is 0.0795. The number of hydrogen-bond acceptors (Lipinski definition) is 3. The molecule has 1 rings (SSSR count). The van der Waals surface area contributed by atoms with Crippen LogP contribution < -0.4 is 5.73 Å². The average molecular weight is 207 g/mol. The third-order valence-corrected chi connectivity index (χ3v) is 2.00. The topological polar surface area (TPSA) is 52.3 Å². The number of aryl methyl sites for hydroxylation is 1. The van der Waals surface area contributed by atoms with Crippen LogP contribution in [-0.4, -0.2) is 12.1 Å². The van der Waals surface area contributed by atoms with Crippen LogP contribution in [0.1, 0.15) is 25.0 Å². The number of nitrogen functional groups attached to an aromatic ring is 1. The minimum Gasteiger partial charge on any atom is -0.463 e. The molecule has 3 nitrogen and oxygen atoms in total. The molecule has 0 saturated heterocycles. The number of nitrogens with two attached hydrogens (primary N) is 1. The lowest BCUT2D eigenvalue weighted by atomic mass is 10.1. The fourth-order valence-corrected chi connectivity index (χ4v) is 1.34. The Hall–Kier alpha value is -1.51. The fraction of sp³-hybridized carbons (Fsp3) is 0.417. The Kier molecular flexibility index (Phi) is 3.72. The summed E-state index contributed by atoms with van der Waals surface area (Å²) in [7, 11) is 0. The first-order valence-corrected chi connectivity index (χ1v) is 5.03. The lowest BCUT2D eigenvalue weighted by molar-refractivity contribution is -0.146. The maximum Gasteiger partial charge on any atom is 0.310 e. The first kappa shape index (κ1) is 11.6. The summed E-state index contributed by atoms with van der Waals surface area (Å²) in [6.07, 6.45) is 0.161. The molecule has 0 bridgehead atoms. The van der Waals surface area contributed by atoms with Gasteiger partial charge in [0.2, 0.25) is 0 Å². The zero-order valence-corrected chi connectivity index (χ0v) is 9.41. The number of rotatable bonds is 3. The highest BCUT2D eigenvalue weighted by atomic mass is 16.5. The molecule has 15 heavy (non-hydrogen) atoms. The van der Waals surface area contributed by atoms with Gasteiger partial charge in [0.1, 0.15) is 0 Å². The molecule has 0 atom stereocenters. The highest BCUT2D eigenvalue weighted by molar-refractivity contribution is 5.75. The van der Waals surface area contributed by atoms with Gasteiger partial charge < -0.3 is 10.5 Å². The van der Waals surface area contributed by atoms with Gasteiger partial charge in [-0.2, -0.15) is 0 Å². The van der Waals surface area contributed by atoms with E-state index in [1.165, 1.54) is 0 Å². The number of hydrogen-bond donors (Lipinski definition) is 1. The first-order chi connectivity index (χ1) is 6.99. The van der Waals surface area contributed by atoms with Gasteiger partial charge in [0.05, 0.1) is 12.5 Å². The highest BCUT2D eigenvalue weighted by Crippen LogP contribution is 2.15. The predicted octanol–water partition coefficient (Wildman–Crippen LogP) is 2.07. The smallest absolute Gasteiger partial charge is 0.310 e. The van der Waals surface area contributed by atoms with E-state index in [4.69, 9.17) is 10.5 Å². The summed E-state index contributed by atoms with van der Waals surface area (Å²) in [6, 6.07) is 5.67. The normalized spacial score (nSPS) is 10.4. The van der Waals surface area contributed by atoms with Crippen LogP contribution in [0, 0.1) is 6.92 Å². The molecule has 0 spiro atoms. The fourth-order valence-electron chi connectivity index (χ4n) is 1.34. The van der Waals surface area contributed by atoms with Gasteiger partial charge in [0, 0.05) is 5.69 Å². The van der Waals surface area contributed by atoms with E-state index in [-0.39, 0.29) is 18.5 Å². The second-order valence-electron chi connectivity index (χ2n) is 3.92. The second kappa shape index (κ2) is 4.82. The van der Waals surface area contributed by atoms with Crippen LogP contribution >= 0.6 is 0 Å². The Morgan fingerprint density at radius 3 is 2.67 bits per heavy atom. The van der Waals surface area contributed by atoms with Gasteiger partial charge >= 0.3 is 5.97 Å². The summed E-state index contributed by atoms with van der Waals surface area (Å²) in [4.78, 5) is 11.4. The Labute approximate surface area is 90.2 Å². The molecule has 0 unspecified atom stereocenters. The molecule has 0 heterocycles. The van der Waals surface area contributed by atoms with E-state index < -0.39 is 0 Å². The number of benzene rings is 1. The van der Waals surface area contributed by atoms with Crippen LogP contribution in [0.4, 0.5) is 5.69 Å². The molecule has 3 heteroatoms. The molecule has 0 fully saturated rings. The van der Waals surface area contributed by atoms with Crippen molar-refractivity contribution in [2.75, 3.05) is 5.73 Å². The van der Waals surface area contributed by atoms with Crippen LogP contribution in [-0.2, 0) is 16.0 Å². The summed E-state index contributed by atoms with van der Waals surface area (Å²) in [6.45, 7) is 5.62. The molecule has 0 saturated carbocycles. The van der Waals surface area contributed by atoms with Crippen molar-refractivity contribution in [1.82, 2.24) is 0 Å². The van der Waals surface area contributed by atoms with Crippen LogP contribution in [0.25, 0.3) is 0 Å². The quantitative estimate of drug-likeness (QED) is 0.609. The van der Waals surface area contributed by atoms with Crippen molar-refractivity contribution in [3.8, 4) is 0 Å². The predicted molar refractivity (Wildman–Crippen MR) is 60.5 cm³/mol. The molecule has 0 radical (unpaired) electrons. The van der Waals surface area contributed by atoms with Gasteiger partial charge in [-0.15, -0.1) is 0 Å². The van der Waals surface area contributed by atoms with E-state index in [2.05, 4.69) is 0 Å². The average Bonchev–Trinajstić information content (AvgIpc) is 2.08. The molecule has 0 aliphatic heterocycles. The summed E-state index contributed by atoms with van der Waals surface area (Å²) in [5.41, 5.74) is 8.36. The molecule has 0 aliphatic carbocycles. The van der Waals surface area contributed by atoms with E-state index in [1.54, 1.807) is 0 Å². The zero-order valence-electron chi connectivity index (χ0n) is 9.41. The number of esters is 1. The standard InChI is InChI=1S/C12H17NO2/c1-8(2)15-12(14)7-10-5-4-9(3)6-11(10)13/h4-6,8H,7,13H2,1-3H3. The van der Waals surface area contributed by atoms with Crippen molar-refractivity contribution in [2.45, 2.75) is 33.3 Å². The van der Waals surface area contributed by atoms with Gasteiger partial charge in [0.15, 0.2) is 0 Å². The zero-order chi connectivity index (χ0) is 11.4. The molecule has 0 amide bonds. The van der Waals surface area contributed by atoms with E-state index in [1.807, 2.05) is 39.0 Å². The molecule has 0 aliphatic rings. The number of carbonyl (C=O) groups excluding carboxylic acids is 1. The molecular formula is C12H17NO2. The number of anilines is 1. The largest absolute Gasteiger partial charge is 0.463 e. The monoisotopic (exact) mass is 207 g/mol. The second-order valence-corrected chi connectivity index (χ2v) is 3.92.